The second kappa shape index (κ2) is 6.56. The van der Waals surface area contributed by atoms with Gasteiger partial charge in [-0.15, -0.1) is 0 Å². The van der Waals surface area contributed by atoms with E-state index < -0.39 is 0 Å². The fraction of sp³-hybridized carbons (Fsp3) is 0.200. The lowest BCUT2D eigenvalue weighted by atomic mass is 10.0. The molecular formula is C15H17ClN4O. The van der Waals surface area contributed by atoms with E-state index in [1.165, 1.54) is 6.07 Å². The van der Waals surface area contributed by atoms with Gasteiger partial charge in [-0.25, -0.2) is 10.8 Å². The van der Waals surface area contributed by atoms with E-state index in [2.05, 4.69) is 29.6 Å². The van der Waals surface area contributed by atoms with Gasteiger partial charge in [-0.2, -0.15) is 0 Å². The maximum Gasteiger partial charge on any atom is 0.255 e. The van der Waals surface area contributed by atoms with Crippen LogP contribution in [0.15, 0.2) is 36.4 Å². The molecule has 0 aliphatic heterocycles. The molecule has 4 N–H and O–H groups in total. The smallest absolute Gasteiger partial charge is 0.255 e. The van der Waals surface area contributed by atoms with Crippen LogP contribution in [0.4, 0.5) is 11.5 Å². The Kier molecular flexibility index (Phi) is 4.77. The molecular weight excluding hydrogens is 288 g/mol. The molecule has 6 heteroatoms. The fourth-order valence-corrected chi connectivity index (χ4v) is 2.22. The number of pyridine rings is 1. The third-order valence-corrected chi connectivity index (χ3v) is 3.23. The summed E-state index contributed by atoms with van der Waals surface area (Å²) in [5.41, 5.74) is 4.63. The normalized spacial score (nSPS) is 10.5. The summed E-state index contributed by atoms with van der Waals surface area (Å²) < 4.78 is 0. The molecule has 0 saturated heterocycles. The van der Waals surface area contributed by atoms with Crippen LogP contribution in [0.2, 0.25) is 5.15 Å². The maximum atomic E-state index is 12.3. The topological polar surface area (TPSA) is 80.0 Å². The molecule has 0 saturated carbocycles. The highest BCUT2D eigenvalue weighted by Gasteiger charge is 2.12. The van der Waals surface area contributed by atoms with E-state index in [0.717, 1.165) is 11.3 Å². The Bertz CT molecular complexity index is 658. The predicted octanol–water partition coefficient (Wildman–Crippen LogP) is 3.40. The number of amides is 1. The number of hydrazine groups is 1. The van der Waals surface area contributed by atoms with Crippen molar-refractivity contribution in [2.45, 2.75) is 19.8 Å². The van der Waals surface area contributed by atoms with Crippen molar-refractivity contribution in [2.24, 2.45) is 5.84 Å². The molecule has 1 aromatic carbocycles. The summed E-state index contributed by atoms with van der Waals surface area (Å²) in [5.74, 6) is 5.69. The molecule has 1 aromatic heterocycles. The van der Waals surface area contributed by atoms with Crippen molar-refractivity contribution < 1.29 is 4.79 Å². The van der Waals surface area contributed by atoms with Crippen molar-refractivity contribution >= 4 is 29.0 Å². The second-order valence-corrected chi connectivity index (χ2v) is 5.29. The molecule has 21 heavy (non-hydrogen) atoms. The monoisotopic (exact) mass is 304 g/mol. The number of nitrogens with zero attached hydrogens (tertiary/aromatic N) is 1. The molecule has 2 aromatic rings. The lowest BCUT2D eigenvalue weighted by Gasteiger charge is -2.14. The zero-order chi connectivity index (χ0) is 15.4. The van der Waals surface area contributed by atoms with Gasteiger partial charge in [0.2, 0.25) is 0 Å². The molecule has 1 heterocycles. The SMILES string of the molecule is CC(C)c1ccccc1NC(=O)c1cc(Cl)nc(NN)c1. The molecule has 0 atom stereocenters. The molecule has 110 valence electrons. The van der Waals surface area contributed by atoms with Gasteiger partial charge < -0.3 is 10.7 Å². The van der Waals surface area contributed by atoms with Gasteiger partial charge >= 0.3 is 0 Å². The van der Waals surface area contributed by atoms with Crippen LogP contribution in [-0.2, 0) is 0 Å². The summed E-state index contributed by atoms with van der Waals surface area (Å²) in [6, 6.07) is 10.7. The number of benzene rings is 1. The first-order chi connectivity index (χ1) is 10.0. The number of hydrogen-bond acceptors (Lipinski definition) is 4. The summed E-state index contributed by atoms with van der Waals surface area (Å²) in [4.78, 5) is 16.3. The van der Waals surface area contributed by atoms with E-state index in [1.54, 1.807) is 6.07 Å². The first-order valence-electron chi connectivity index (χ1n) is 6.55. The zero-order valence-electron chi connectivity index (χ0n) is 11.9. The molecule has 2 rings (SSSR count). The van der Waals surface area contributed by atoms with Crippen LogP contribution >= 0.6 is 11.6 Å². The van der Waals surface area contributed by atoms with Crippen LogP contribution in [0.3, 0.4) is 0 Å². The van der Waals surface area contributed by atoms with E-state index in [4.69, 9.17) is 17.4 Å². The van der Waals surface area contributed by atoms with Gasteiger partial charge in [-0.05, 0) is 29.7 Å². The summed E-state index contributed by atoms with van der Waals surface area (Å²) in [6.07, 6.45) is 0. The van der Waals surface area contributed by atoms with Crippen molar-refractivity contribution in [1.82, 2.24) is 4.98 Å². The molecule has 0 spiro atoms. The lowest BCUT2D eigenvalue weighted by Crippen LogP contribution is -2.15. The Labute approximate surface area is 128 Å². The number of aromatic nitrogens is 1. The summed E-state index contributed by atoms with van der Waals surface area (Å²) in [6.45, 7) is 4.15. The minimum absolute atomic E-state index is 0.202. The van der Waals surface area contributed by atoms with Gasteiger partial charge in [0.05, 0.1) is 0 Å². The number of anilines is 2. The van der Waals surface area contributed by atoms with E-state index in [-0.39, 0.29) is 11.1 Å². The molecule has 0 aliphatic rings. The van der Waals surface area contributed by atoms with Crippen molar-refractivity contribution in [3.63, 3.8) is 0 Å². The number of hydrogen-bond donors (Lipinski definition) is 3. The van der Waals surface area contributed by atoms with Crippen LogP contribution in [0.1, 0.15) is 35.7 Å². The third-order valence-electron chi connectivity index (χ3n) is 3.04. The van der Waals surface area contributed by atoms with Crippen LogP contribution in [-0.4, -0.2) is 10.9 Å². The molecule has 0 fully saturated rings. The fourth-order valence-electron chi connectivity index (χ4n) is 2.01. The largest absolute Gasteiger partial charge is 0.322 e. The van der Waals surface area contributed by atoms with Gasteiger partial charge in [-0.1, -0.05) is 43.6 Å². The Morgan fingerprint density at radius 3 is 2.67 bits per heavy atom. The molecule has 0 radical (unpaired) electrons. The number of halogens is 1. The number of nitrogens with one attached hydrogen (secondary N) is 2. The van der Waals surface area contributed by atoms with Crippen molar-refractivity contribution in [2.75, 3.05) is 10.7 Å². The molecule has 0 bridgehead atoms. The van der Waals surface area contributed by atoms with Crippen LogP contribution in [0.5, 0.6) is 0 Å². The second-order valence-electron chi connectivity index (χ2n) is 4.90. The van der Waals surface area contributed by atoms with E-state index in [9.17, 15) is 4.79 Å². The highest BCUT2D eigenvalue weighted by Crippen LogP contribution is 2.24. The maximum absolute atomic E-state index is 12.3. The summed E-state index contributed by atoms with van der Waals surface area (Å²) >= 11 is 5.87. The number of para-hydroxylation sites is 1. The van der Waals surface area contributed by atoms with E-state index in [0.29, 0.717) is 17.3 Å². The van der Waals surface area contributed by atoms with Crippen LogP contribution in [0.25, 0.3) is 0 Å². The Morgan fingerprint density at radius 1 is 1.29 bits per heavy atom. The van der Waals surface area contributed by atoms with Crippen LogP contribution < -0.4 is 16.6 Å². The van der Waals surface area contributed by atoms with Gasteiger partial charge in [0.15, 0.2) is 0 Å². The summed E-state index contributed by atoms with van der Waals surface area (Å²) in [5, 5.41) is 3.09. The first-order valence-corrected chi connectivity index (χ1v) is 6.93. The zero-order valence-corrected chi connectivity index (χ0v) is 12.6. The average Bonchev–Trinajstić information content (AvgIpc) is 2.46. The lowest BCUT2D eigenvalue weighted by molar-refractivity contribution is 0.102. The highest BCUT2D eigenvalue weighted by atomic mass is 35.5. The van der Waals surface area contributed by atoms with E-state index >= 15 is 0 Å². The van der Waals surface area contributed by atoms with Crippen molar-refractivity contribution in [3.05, 3.63) is 52.7 Å². The third kappa shape index (κ3) is 3.71. The number of nitrogens with two attached hydrogens (primary N) is 1. The van der Waals surface area contributed by atoms with Crippen molar-refractivity contribution in [1.29, 1.82) is 0 Å². The summed E-state index contributed by atoms with van der Waals surface area (Å²) in [7, 11) is 0. The Balaban J connectivity index is 2.28. The van der Waals surface area contributed by atoms with Crippen molar-refractivity contribution in [3.8, 4) is 0 Å². The molecule has 5 nitrogen and oxygen atoms in total. The Morgan fingerprint density at radius 2 is 2.00 bits per heavy atom. The highest BCUT2D eigenvalue weighted by molar-refractivity contribution is 6.30. The number of nitrogen functional groups attached to an aromatic ring is 1. The average molecular weight is 305 g/mol. The molecule has 0 aliphatic carbocycles. The van der Waals surface area contributed by atoms with E-state index in [1.807, 2.05) is 24.3 Å². The quantitative estimate of drug-likeness (QED) is 0.459. The van der Waals surface area contributed by atoms with Gasteiger partial charge in [0.25, 0.3) is 5.91 Å². The van der Waals surface area contributed by atoms with Gasteiger partial charge in [0, 0.05) is 11.3 Å². The Hall–Kier alpha value is -2.11. The number of rotatable bonds is 4. The van der Waals surface area contributed by atoms with Crippen LogP contribution in [0, 0.1) is 0 Å². The number of carbonyl (C=O) groups is 1. The first kappa shape index (κ1) is 15.3. The molecule has 0 unspecified atom stereocenters. The minimum atomic E-state index is -0.260. The standard InChI is InChI=1S/C15H17ClN4O/c1-9(2)11-5-3-4-6-12(11)18-15(21)10-7-13(16)19-14(8-10)20-17/h3-9H,17H2,1-2H3,(H,18,21)(H,19,20). The van der Waals surface area contributed by atoms with Gasteiger partial charge in [0.1, 0.15) is 11.0 Å². The van der Waals surface area contributed by atoms with Gasteiger partial charge in [-0.3, -0.25) is 4.79 Å². The molecule has 1 amide bonds. The number of carbonyl (C=O) groups excluding carboxylic acids is 1. The minimum Gasteiger partial charge on any atom is -0.322 e. The predicted molar refractivity (Wildman–Crippen MR) is 85.5 cm³/mol.